The van der Waals surface area contributed by atoms with Crippen molar-refractivity contribution in [3.8, 4) is 0 Å². The monoisotopic (exact) mass is 246 g/mol. The minimum atomic E-state index is -0.384. The Labute approximate surface area is 104 Å². The maximum Gasteiger partial charge on any atom is 0.339 e. The number of imidazole rings is 1. The molecule has 94 valence electrons. The van der Waals surface area contributed by atoms with Gasteiger partial charge in [-0.3, -0.25) is 0 Å². The van der Waals surface area contributed by atoms with Crippen molar-refractivity contribution in [2.45, 2.75) is 6.42 Å². The predicted molar refractivity (Wildman–Crippen MR) is 66.4 cm³/mol. The highest BCUT2D eigenvalue weighted by Gasteiger charge is 2.05. The second-order valence-corrected chi connectivity index (χ2v) is 3.66. The van der Waals surface area contributed by atoms with Crippen molar-refractivity contribution in [3.05, 3.63) is 42.1 Å². The van der Waals surface area contributed by atoms with Crippen LogP contribution in [0.15, 0.2) is 30.9 Å². The van der Waals surface area contributed by atoms with Crippen LogP contribution in [0.5, 0.6) is 0 Å². The lowest BCUT2D eigenvalue weighted by molar-refractivity contribution is 0.0600. The quantitative estimate of drug-likeness (QED) is 0.776. The first-order chi connectivity index (χ1) is 8.79. The number of rotatable bonds is 5. The highest BCUT2D eigenvalue weighted by atomic mass is 16.5. The van der Waals surface area contributed by atoms with Crippen LogP contribution >= 0.6 is 0 Å². The van der Waals surface area contributed by atoms with E-state index in [1.807, 2.05) is 6.20 Å². The number of hydrogen-bond acceptors (Lipinski definition) is 5. The maximum atomic E-state index is 11.2. The average molecular weight is 246 g/mol. The number of aromatic nitrogens is 3. The normalized spacial score (nSPS) is 10.1. The van der Waals surface area contributed by atoms with Crippen LogP contribution in [0.4, 0.5) is 5.82 Å². The van der Waals surface area contributed by atoms with Gasteiger partial charge in [-0.25, -0.2) is 14.8 Å². The Morgan fingerprint density at radius 1 is 1.44 bits per heavy atom. The summed E-state index contributed by atoms with van der Waals surface area (Å²) in [4.78, 5) is 22.3. The Balaban J connectivity index is 1.85. The lowest BCUT2D eigenvalue weighted by Crippen LogP contribution is -2.07. The third kappa shape index (κ3) is 3.07. The lowest BCUT2D eigenvalue weighted by atomic mass is 10.3. The number of esters is 1. The first-order valence-corrected chi connectivity index (χ1v) is 5.55. The predicted octanol–water partition coefficient (Wildman–Crippen LogP) is 1.25. The molecule has 0 aromatic carbocycles. The van der Waals surface area contributed by atoms with Gasteiger partial charge < -0.3 is 15.0 Å². The van der Waals surface area contributed by atoms with E-state index in [2.05, 4.69) is 25.0 Å². The molecule has 2 heterocycles. The van der Waals surface area contributed by atoms with Crippen LogP contribution in [-0.2, 0) is 11.2 Å². The second-order valence-electron chi connectivity index (χ2n) is 3.66. The number of methoxy groups -OCH3 is 1. The molecule has 0 radical (unpaired) electrons. The van der Waals surface area contributed by atoms with Crippen molar-refractivity contribution in [2.24, 2.45) is 0 Å². The summed E-state index contributed by atoms with van der Waals surface area (Å²) >= 11 is 0. The van der Waals surface area contributed by atoms with E-state index < -0.39 is 0 Å². The molecule has 2 aromatic heterocycles. The van der Waals surface area contributed by atoms with Crippen molar-refractivity contribution in [1.82, 2.24) is 15.0 Å². The number of aromatic amines is 1. The molecule has 0 spiro atoms. The molecule has 0 aliphatic rings. The molecule has 0 saturated heterocycles. The largest absolute Gasteiger partial charge is 0.465 e. The topological polar surface area (TPSA) is 79.9 Å². The van der Waals surface area contributed by atoms with Gasteiger partial charge >= 0.3 is 5.97 Å². The van der Waals surface area contributed by atoms with Gasteiger partial charge in [0, 0.05) is 25.4 Å². The molecule has 18 heavy (non-hydrogen) atoms. The summed E-state index contributed by atoms with van der Waals surface area (Å²) < 4.78 is 4.60. The van der Waals surface area contributed by atoms with Gasteiger partial charge in [0.05, 0.1) is 24.7 Å². The fourth-order valence-corrected chi connectivity index (χ4v) is 1.48. The molecule has 0 saturated carbocycles. The highest BCUT2D eigenvalue weighted by Crippen LogP contribution is 2.06. The molecule has 0 bridgehead atoms. The van der Waals surface area contributed by atoms with Gasteiger partial charge in [-0.2, -0.15) is 0 Å². The Morgan fingerprint density at radius 3 is 2.94 bits per heavy atom. The van der Waals surface area contributed by atoms with E-state index in [0.29, 0.717) is 5.56 Å². The highest BCUT2D eigenvalue weighted by molar-refractivity contribution is 5.89. The SMILES string of the molecule is COC(=O)c1ccc(NCCc2c[nH]cn2)nc1. The Hall–Kier alpha value is -2.37. The first-order valence-electron chi connectivity index (χ1n) is 5.55. The summed E-state index contributed by atoms with van der Waals surface area (Å²) in [5.41, 5.74) is 1.43. The van der Waals surface area contributed by atoms with Crippen molar-refractivity contribution in [1.29, 1.82) is 0 Å². The molecule has 0 unspecified atom stereocenters. The van der Waals surface area contributed by atoms with Crippen LogP contribution in [0.3, 0.4) is 0 Å². The number of carbonyl (C=O) groups excluding carboxylic acids is 1. The van der Waals surface area contributed by atoms with Gasteiger partial charge in [0.1, 0.15) is 5.82 Å². The molecular formula is C12H14N4O2. The number of carbonyl (C=O) groups is 1. The van der Waals surface area contributed by atoms with Gasteiger partial charge in [-0.05, 0) is 12.1 Å². The molecule has 0 atom stereocenters. The van der Waals surface area contributed by atoms with Crippen molar-refractivity contribution in [2.75, 3.05) is 19.0 Å². The average Bonchev–Trinajstić information content (AvgIpc) is 2.92. The van der Waals surface area contributed by atoms with Crippen LogP contribution in [0, 0.1) is 0 Å². The Morgan fingerprint density at radius 2 is 2.33 bits per heavy atom. The minimum Gasteiger partial charge on any atom is -0.465 e. The van der Waals surface area contributed by atoms with Gasteiger partial charge in [0.25, 0.3) is 0 Å². The summed E-state index contributed by atoms with van der Waals surface area (Å²) in [6.07, 6.45) is 5.81. The third-order valence-electron chi connectivity index (χ3n) is 2.43. The standard InChI is InChI=1S/C12H14N4O2/c1-18-12(17)9-2-3-11(15-6-9)14-5-4-10-7-13-8-16-10/h2-3,6-8H,4-5H2,1H3,(H,13,16)(H,14,15). The lowest BCUT2D eigenvalue weighted by Gasteiger charge is -2.04. The van der Waals surface area contributed by atoms with Crippen LogP contribution in [-0.4, -0.2) is 34.6 Å². The third-order valence-corrected chi connectivity index (χ3v) is 2.43. The van der Waals surface area contributed by atoms with Crippen molar-refractivity contribution in [3.63, 3.8) is 0 Å². The fourth-order valence-electron chi connectivity index (χ4n) is 1.48. The van der Waals surface area contributed by atoms with Crippen molar-refractivity contribution < 1.29 is 9.53 Å². The Bertz CT molecular complexity index is 493. The maximum absolute atomic E-state index is 11.2. The molecule has 2 rings (SSSR count). The van der Waals surface area contributed by atoms with Gasteiger partial charge in [0.2, 0.25) is 0 Å². The van der Waals surface area contributed by atoms with Crippen LogP contribution in [0.2, 0.25) is 0 Å². The van der Waals surface area contributed by atoms with E-state index >= 15 is 0 Å². The summed E-state index contributed by atoms with van der Waals surface area (Å²) in [6.45, 7) is 0.732. The Kier molecular flexibility index (Phi) is 3.90. The van der Waals surface area contributed by atoms with Crippen LogP contribution in [0.25, 0.3) is 0 Å². The molecular weight excluding hydrogens is 232 g/mol. The fraction of sp³-hybridized carbons (Fsp3) is 0.250. The summed E-state index contributed by atoms with van der Waals surface area (Å²) in [5, 5.41) is 3.15. The van der Waals surface area contributed by atoms with Gasteiger partial charge in [-0.15, -0.1) is 0 Å². The number of hydrogen-bond donors (Lipinski definition) is 2. The van der Waals surface area contributed by atoms with Crippen LogP contribution < -0.4 is 5.32 Å². The zero-order valence-electron chi connectivity index (χ0n) is 10.0. The molecule has 0 fully saturated rings. The molecule has 2 N–H and O–H groups in total. The summed E-state index contributed by atoms with van der Waals surface area (Å²) in [5.74, 6) is 0.337. The molecule has 0 aliphatic heterocycles. The molecule has 6 heteroatoms. The van der Waals surface area contributed by atoms with Gasteiger partial charge in [0.15, 0.2) is 0 Å². The van der Waals surface area contributed by atoms with Gasteiger partial charge in [-0.1, -0.05) is 0 Å². The van der Waals surface area contributed by atoms with E-state index in [-0.39, 0.29) is 5.97 Å². The number of anilines is 1. The number of nitrogens with zero attached hydrogens (tertiary/aromatic N) is 2. The minimum absolute atomic E-state index is 0.384. The molecule has 0 amide bonds. The van der Waals surface area contributed by atoms with E-state index in [1.165, 1.54) is 13.3 Å². The van der Waals surface area contributed by atoms with Crippen molar-refractivity contribution >= 4 is 11.8 Å². The molecule has 6 nitrogen and oxygen atoms in total. The van der Waals surface area contributed by atoms with E-state index in [9.17, 15) is 4.79 Å². The molecule has 2 aromatic rings. The summed E-state index contributed by atoms with van der Waals surface area (Å²) in [7, 11) is 1.35. The smallest absolute Gasteiger partial charge is 0.339 e. The summed E-state index contributed by atoms with van der Waals surface area (Å²) in [6, 6.07) is 3.42. The van der Waals surface area contributed by atoms with Crippen LogP contribution in [0.1, 0.15) is 16.1 Å². The zero-order chi connectivity index (χ0) is 12.8. The number of H-pyrrole nitrogens is 1. The number of nitrogens with one attached hydrogen (secondary N) is 2. The molecule has 0 aliphatic carbocycles. The first kappa shape index (κ1) is 12.1. The van der Waals surface area contributed by atoms with E-state index in [0.717, 1.165) is 24.5 Å². The van der Waals surface area contributed by atoms with E-state index in [1.54, 1.807) is 18.5 Å². The number of pyridine rings is 1. The second kappa shape index (κ2) is 5.81. The van der Waals surface area contributed by atoms with E-state index in [4.69, 9.17) is 0 Å². The number of ether oxygens (including phenoxy) is 1. The zero-order valence-corrected chi connectivity index (χ0v) is 10.0.